The Morgan fingerprint density at radius 1 is 0.918 bits per heavy atom. The van der Waals surface area contributed by atoms with Crippen molar-refractivity contribution in [1.82, 2.24) is 4.98 Å². The average molecular weight is 689 g/mol. The molecule has 244 valence electrons. The topological polar surface area (TPSA) is 127 Å². The number of fused-ring (bicyclic) bond motifs is 1. The van der Waals surface area contributed by atoms with Crippen LogP contribution in [0.1, 0.15) is 20.3 Å². The Morgan fingerprint density at radius 3 is 2.29 bits per heavy atom. The molecule has 0 aliphatic carbocycles. The van der Waals surface area contributed by atoms with Crippen LogP contribution in [-0.4, -0.2) is 36.6 Å². The third-order valence-electron chi connectivity index (χ3n) is 5.99. The van der Waals surface area contributed by atoms with Gasteiger partial charge in [-0.3, -0.25) is 4.79 Å². The number of aromatic nitrogens is 1. The van der Waals surface area contributed by atoms with Crippen LogP contribution in [0.25, 0.3) is 9.53 Å². The second kappa shape index (κ2) is 18.8. The highest BCUT2D eigenvalue weighted by Gasteiger charge is 2.10. The van der Waals surface area contributed by atoms with E-state index in [2.05, 4.69) is 83.6 Å². The Hall–Kier alpha value is -6.29. The van der Waals surface area contributed by atoms with E-state index in [9.17, 15) is 9.59 Å². The molecule has 0 saturated carbocycles. The van der Waals surface area contributed by atoms with Crippen molar-refractivity contribution in [2.75, 3.05) is 24.6 Å². The van der Waals surface area contributed by atoms with Crippen molar-refractivity contribution < 1.29 is 23.8 Å². The summed E-state index contributed by atoms with van der Waals surface area (Å²) in [5, 5.41) is 18.5. The normalized spacial score (nSPS) is 10.2. The molecule has 4 rings (SSSR count). The predicted molar refractivity (Wildman–Crippen MR) is 189 cm³/mol. The lowest BCUT2D eigenvalue weighted by Gasteiger charge is -2.22. The maximum Gasteiger partial charge on any atom is 0.350 e. The lowest BCUT2D eigenvalue weighted by molar-refractivity contribution is -0.142. The van der Waals surface area contributed by atoms with Crippen molar-refractivity contribution in [3.8, 4) is 5.75 Å². The maximum atomic E-state index is 11.8. The van der Waals surface area contributed by atoms with Crippen molar-refractivity contribution in [2.45, 2.75) is 20.3 Å². The number of carbonyl (C=O) groups is 2. The summed E-state index contributed by atoms with van der Waals surface area (Å²) in [5.41, 5.74) is 19.7. The summed E-state index contributed by atoms with van der Waals surface area (Å²) in [6.07, 6.45) is 1.30. The third-order valence-corrected chi connectivity index (χ3v) is 7.92. The molecule has 13 heteroatoms. The van der Waals surface area contributed by atoms with Crippen molar-refractivity contribution in [2.24, 2.45) is 20.5 Å². The molecule has 11 nitrogen and oxygen atoms in total. The minimum atomic E-state index is -0.502. The van der Waals surface area contributed by atoms with Gasteiger partial charge in [0.1, 0.15) is 22.2 Å². The van der Waals surface area contributed by atoms with Crippen LogP contribution < -0.4 is 9.64 Å². The largest absolute Gasteiger partial charge is 0.461 e. The minimum absolute atomic E-state index is 0.148. The molecular formula is C36H28N6O5S2. The Morgan fingerprint density at radius 2 is 1.61 bits per heavy atom. The highest BCUT2D eigenvalue weighted by molar-refractivity contribution is 7.30. The summed E-state index contributed by atoms with van der Waals surface area (Å²) < 4.78 is 16.8. The maximum absolute atomic E-state index is 11.8. The van der Waals surface area contributed by atoms with Crippen LogP contribution in [0.2, 0.25) is 0 Å². The molecule has 2 heterocycles. The van der Waals surface area contributed by atoms with Crippen molar-refractivity contribution >= 4 is 71.3 Å². The van der Waals surface area contributed by atoms with Crippen LogP contribution in [0.5, 0.6) is 5.75 Å². The number of hydrogen-bond acceptors (Lipinski definition) is 13. The zero-order chi connectivity index (χ0) is 34.8. The van der Waals surface area contributed by atoms with E-state index < -0.39 is 11.9 Å². The number of benzene rings is 2. The number of ether oxygens (including phenoxy) is 3. The standard InChI is InChI=1S/C36H28N6O5S2/c1-5-9-10-11-12-13-14-34(47-33(44)7-3)46-29-21-17-27(18-22-29)38-40-31-25-30-35(49-31)37-36(48-30)41-39-26-15-19-28(20-16-26)42(8-4)23-24-45-32(43)6-2/h6,15-22,25H,1-2,7-8,23-24H2,3-4H3. The number of carbonyl (C=O) groups excluding carboxylic acids is 2. The van der Waals surface area contributed by atoms with Crippen LogP contribution in [-0.2, 0) is 19.1 Å². The van der Waals surface area contributed by atoms with Crippen molar-refractivity contribution in [3.63, 3.8) is 0 Å². The van der Waals surface area contributed by atoms with Gasteiger partial charge in [0.25, 0.3) is 0 Å². The first-order valence-electron chi connectivity index (χ1n) is 14.7. The number of esters is 2. The van der Waals surface area contributed by atoms with Crippen LogP contribution in [0.3, 0.4) is 0 Å². The van der Waals surface area contributed by atoms with Gasteiger partial charge in [0.15, 0.2) is 0 Å². The van der Waals surface area contributed by atoms with Gasteiger partial charge >= 0.3 is 17.9 Å². The molecule has 0 amide bonds. The average Bonchev–Trinajstić information content (AvgIpc) is 3.69. The highest BCUT2D eigenvalue weighted by Crippen LogP contribution is 2.39. The molecule has 0 unspecified atom stereocenters. The number of thiophene rings is 1. The smallest absolute Gasteiger partial charge is 0.350 e. The van der Waals surface area contributed by atoms with E-state index in [1.165, 1.54) is 22.7 Å². The first kappa shape index (κ1) is 35.6. The highest BCUT2D eigenvalue weighted by atomic mass is 32.1. The molecule has 0 spiro atoms. The Labute approximate surface area is 290 Å². The summed E-state index contributed by atoms with van der Waals surface area (Å²) in [7, 11) is 0. The lowest BCUT2D eigenvalue weighted by Crippen LogP contribution is -2.27. The number of likely N-dealkylation sites (N-methyl/N-ethyl adjacent to an activating group) is 1. The molecule has 2 aromatic heterocycles. The molecular weight excluding hydrogens is 661 g/mol. The summed E-state index contributed by atoms with van der Waals surface area (Å²) in [4.78, 5) is 30.5. The molecule has 0 aliphatic rings. The number of nitrogens with zero attached hydrogens (tertiary/aromatic N) is 6. The molecule has 0 N–H and O–H groups in total. The van der Waals surface area contributed by atoms with Crippen molar-refractivity contribution in [3.05, 3.63) is 120 Å². The fraction of sp³-hybridized carbons (Fsp3) is 0.167. The Kier molecular flexibility index (Phi) is 13.6. The van der Waals surface area contributed by atoms with E-state index in [1.807, 2.05) is 37.3 Å². The molecule has 49 heavy (non-hydrogen) atoms. The molecule has 0 bridgehead atoms. The van der Waals surface area contributed by atoms with Gasteiger partial charge in [0.05, 0.1) is 22.6 Å². The summed E-state index contributed by atoms with van der Waals surface area (Å²) in [6, 6.07) is 16.2. The fourth-order valence-corrected chi connectivity index (χ4v) is 5.53. The zero-order valence-corrected chi connectivity index (χ0v) is 28.2. The van der Waals surface area contributed by atoms with Crippen LogP contribution >= 0.6 is 22.7 Å². The molecule has 0 saturated heterocycles. The van der Waals surface area contributed by atoms with Gasteiger partial charge in [-0.1, -0.05) is 41.9 Å². The molecule has 0 fully saturated rings. The van der Waals surface area contributed by atoms with Gasteiger partial charge in [-0.2, -0.15) is 0 Å². The zero-order valence-electron chi connectivity index (χ0n) is 26.6. The SMILES string of the molecule is C=C=C=C=C=C=C=C=C(OC(=O)CC)Oc1ccc(N=Nc2cc3sc(N=Nc4ccc(N(CC)CCOC(=O)C=C)cc4)nc3s2)cc1. The van der Waals surface area contributed by atoms with E-state index in [-0.39, 0.29) is 19.0 Å². The van der Waals surface area contributed by atoms with Gasteiger partial charge < -0.3 is 19.1 Å². The van der Waals surface area contributed by atoms with E-state index >= 15 is 0 Å². The van der Waals surface area contributed by atoms with Gasteiger partial charge in [-0.25, -0.2) is 9.78 Å². The lowest BCUT2D eigenvalue weighted by atomic mass is 10.2. The number of azo groups is 2. The molecule has 0 atom stereocenters. The number of rotatable bonds is 14. The van der Waals surface area contributed by atoms with Gasteiger partial charge in [-0.15, -0.1) is 20.5 Å². The monoisotopic (exact) mass is 688 g/mol. The van der Waals surface area contributed by atoms with Crippen LogP contribution in [0, 0.1) is 0 Å². The first-order valence-corrected chi connectivity index (χ1v) is 16.3. The molecule has 4 aromatic rings. The van der Waals surface area contributed by atoms with E-state index in [4.69, 9.17) is 14.2 Å². The van der Waals surface area contributed by atoms with Gasteiger partial charge in [-0.05, 0) is 96.8 Å². The van der Waals surface area contributed by atoms with E-state index in [0.717, 1.165) is 27.8 Å². The van der Waals surface area contributed by atoms with E-state index in [1.54, 1.807) is 31.2 Å². The second-order valence-electron chi connectivity index (χ2n) is 9.26. The van der Waals surface area contributed by atoms with Crippen molar-refractivity contribution in [1.29, 1.82) is 0 Å². The molecule has 0 aliphatic heterocycles. The quantitative estimate of drug-likeness (QED) is 0.0424. The Bertz CT molecular complexity index is 2120. The Balaban J connectivity index is 1.37. The third kappa shape index (κ3) is 11.5. The predicted octanol–water partition coefficient (Wildman–Crippen LogP) is 9.63. The van der Waals surface area contributed by atoms with Crippen LogP contribution in [0.4, 0.5) is 27.2 Å². The summed E-state index contributed by atoms with van der Waals surface area (Å²) in [5.74, 6) is -0.765. The first-order chi connectivity index (χ1) is 23.9. The summed E-state index contributed by atoms with van der Waals surface area (Å²) >= 11 is 2.79. The minimum Gasteiger partial charge on any atom is -0.461 e. The number of thiazole rings is 1. The van der Waals surface area contributed by atoms with Gasteiger partial charge in [0, 0.05) is 30.5 Å². The number of anilines is 1. The van der Waals surface area contributed by atoms with Gasteiger partial charge in [0.2, 0.25) is 5.13 Å². The fourth-order valence-electron chi connectivity index (χ4n) is 3.68. The number of hydrogen-bond donors (Lipinski definition) is 0. The van der Waals surface area contributed by atoms with E-state index in [0.29, 0.717) is 33.8 Å². The molecule has 0 radical (unpaired) electrons. The second-order valence-corrected chi connectivity index (χ2v) is 11.3. The van der Waals surface area contributed by atoms with Crippen LogP contribution in [0.15, 0.2) is 140 Å². The molecule has 2 aromatic carbocycles. The summed E-state index contributed by atoms with van der Waals surface area (Å²) in [6.45, 7) is 12.0.